The van der Waals surface area contributed by atoms with Gasteiger partial charge >= 0.3 is 0 Å². The fraction of sp³-hybridized carbons (Fsp3) is 0.462. The monoisotopic (exact) mass is 308 g/mol. The van der Waals surface area contributed by atoms with E-state index < -0.39 is 0 Å². The molecule has 0 aliphatic carbocycles. The number of thioether (sulfide) groups is 1. The number of nitrogens with zero attached hydrogens (tertiary/aromatic N) is 3. The second-order valence-corrected chi connectivity index (χ2v) is 5.73. The first-order chi connectivity index (χ1) is 10.2. The number of rotatable bonds is 6. The van der Waals surface area contributed by atoms with E-state index in [1.54, 1.807) is 12.3 Å². The summed E-state index contributed by atoms with van der Waals surface area (Å²) >= 11 is 1.27. The van der Waals surface area contributed by atoms with Crippen LogP contribution in [0, 0.1) is 0 Å². The molecule has 3 heterocycles. The van der Waals surface area contributed by atoms with Crippen LogP contribution in [0.15, 0.2) is 28.0 Å². The Kier molecular flexibility index (Phi) is 4.26. The van der Waals surface area contributed by atoms with E-state index in [9.17, 15) is 4.79 Å². The first-order valence-corrected chi connectivity index (χ1v) is 7.72. The highest BCUT2D eigenvalue weighted by Gasteiger charge is 2.22. The molecule has 3 rings (SSSR count). The van der Waals surface area contributed by atoms with Crippen LogP contribution in [0.2, 0.25) is 0 Å². The first-order valence-electron chi connectivity index (χ1n) is 6.74. The van der Waals surface area contributed by atoms with E-state index >= 15 is 0 Å². The van der Waals surface area contributed by atoms with Crippen LogP contribution < -0.4 is 5.73 Å². The van der Waals surface area contributed by atoms with E-state index in [0.717, 1.165) is 19.4 Å². The fourth-order valence-electron chi connectivity index (χ4n) is 2.28. The molecule has 0 spiro atoms. The third kappa shape index (κ3) is 3.27. The summed E-state index contributed by atoms with van der Waals surface area (Å²) in [7, 11) is 0. The normalized spacial score (nSPS) is 18.2. The smallest absolute Gasteiger partial charge is 0.227 e. The van der Waals surface area contributed by atoms with Crippen molar-refractivity contribution < 1.29 is 13.9 Å². The maximum absolute atomic E-state index is 11.0. The number of hydrogen-bond donors (Lipinski definition) is 1. The van der Waals surface area contributed by atoms with E-state index in [-0.39, 0.29) is 17.8 Å². The van der Waals surface area contributed by atoms with Crippen molar-refractivity contribution in [3.63, 3.8) is 0 Å². The molecule has 8 heteroatoms. The highest BCUT2D eigenvalue weighted by atomic mass is 32.2. The number of carbonyl (C=O) groups excluding carboxylic acids is 1. The SMILES string of the molecule is NC(=O)CSc1nnc(-c2ccco2)n1C[C@@H]1CCCO1. The lowest BCUT2D eigenvalue weighted by atomic mass is 10.2. The maximum atomic E-state index is 11.0. The van der Waals surface area contributed by atoms with Crippen LogP contribution in [0.4, 0.5) is 0 Å². The van der Waals surface area contributed by atoms with Gasteiger partial charge in [-0.1, -0.05) is 11.8 Å². The van der Waals surface area contributed by atoms with Gasteiger partial charge in [0.05, 0.1) is 24.7 Å². The lowest BCUT2D eigenvalue weighted by molar-refractivity contribution is -0.115. The van der Waals surface area contributed by atoms with Crippen LogP contribution in [0.5, 0.6) is 0 Å². The molecule has 0 radical (unpaired) electrons. The lowest BCUT2D eigenvalue weighted by Gasteiger charge is -2.13. The summed E-state index contributed by atoms with van der Waals surface area (Å²) in [5, 5.41) is 8.96. The summed E-state index contributed by atoms with van der Waals surface area (Å²) in [6.45, 7) is 1.43. The zero-order valence-electron chi connectivity index (χ0n) is 11.4. The van der Waals surface area contributed by atoms with E-state index in [1.807, 2.05) is 10.6 Å². The molecule has 1 fully saturated rings. The fourth-order valence-corrected chi connectivity index (χ4v) is 2.96. The Labute approximate surface area is 125 Å². The van der Waals surface area contributed by atoms with Crippen molar-refractivity contribution in [2.45, 2.75) is 30.6 Å². The molecular weight excluding hydrogens is 292 g/mol. The third-order valence-electron chi connectivity index (χ3n) is 3.21. The molecule has 7 nitrogen and oxygen atoms in total. The van der Waals surface area contributed by atoms with Crippen LogP contribution in [0.25, 0.3) is 11.6 Å². The average molecular weight is 308 g/mol. The molecular formula is C13H16N4O3S. The highest BCUT2D eigenvalue weighted by Crippen LogP contribution is 2.26. The second kappa shape index (κ2) is 6.31. The molecule has 0 unspecified atom stereocenters. The number of hydrogen-bond acceptors (Lipinski definition) is 6. The zero-order valence-corrected chi connectivity index (χ0v) is 12.2. The van der Waals surface area contributed by atoms with Gasteiger partial charge in [-0.3, -0.25) is 9.36 Å². The van der Waals surface area contributed by atoms with Crippen molar-refractivity contribution in [3.05, 3.63) is 18.4 Å². The molecule has 1 atom stereocenters. The summed E-state index contributed by atoms with van der Waals surface area (Å²) in [5.74, 6) is 1.07. The Hall–Kier alpha value is -1.80. The number of amides is 1. The predicted octanol–water partition coefficient (Wildman–Crippen LogP) is 1.29. The number of aromatic nitrogens is 3. The Bertz CT molecular complexity index is 605. The van der Waals surface area contributed by atoms with Gasteiger partial charge in [0.2, 0.25) is 11.7 Å². The predicted molar refractivity (Wildman–Crippen MR) is 76.6 cm³/mol. The summed E-state index contributed by atoms with van der Waals surface area (Å²) < 4.78 is 13.0. The second-order valence-electron chi connectivity index (χ2n) is 4.78. The minimum atomic E-state index is -0.383. The van der Waals surface area contributed by atoms with Gasteiger partial charge < -0.3 is 14.9 Å². The van der Waals surface area contributed by atoms with Crippen LogP contribution in [0.3, 0.4) is 0 Å². The van der Waals surface area contributed by atoms with Crippen molar-refractivity contribution in [2.24, 2.45) is 5.73 Å². The van der Waals surface area contributed by atoms with E-state index in [2.05, 4.69) is 10.2 Å². The van der Waals surface area contributed by atoms with Crippen molar-refractivity contribution in [3.8, 4) is 11.6 Å². The lowest BCUT2D eigenvalue weighted by Crippen LogP contribution is -2.18. The van der Waals surface area contributed by atoms with Crippen molar-refractivity contribution in [2.75, 3.05) is 12.4 Å². The Morgan fingerprint density at radius 1 is 1.52 bits per heavy atom. The topological polar surface area (TPSA) is 96.2 Å². The van der Waals surface area contributed by atoms with Crippen LogP contribution >= 0.6 is 11.8 Å². The number of furan rings is 1. The van der Waals surface area contributed by atoms with E-state index in [1.165, 1.54) is 11.8 Å². The number of ether oxygens (including phenoxy) is 1. The van der Waals surface area contributed by atoms with Crippen LogP contribution in [-0.2, 0) is 16.1 Å². The van der Waals surface area contributed by atoms with Crippen molar-refractivity contribution in [1.29, 1.82) is 0 Å². The molecule has 1 aliphatic rings. The molecule has 0 bridgehead atoms. The quantitative estimate of drug-likeness (QED) is 0.808. The van der Waals surface area contributed by atoms with Gasteiger partial charge in [0, 0.05) is 6.61 Å². The number of carbonyl (C=O) groups is 1. The number of nitrogens with two attached hydrogens (primary N) is 1. The first kappa shape index (κ1) is 14.2. The molecule has 0 aromatic carbocycles. The maximum Gasteiger partial charge on any atom is 0.227 e. The molecule has 0 saturated carbocycles. The van der Waals surface area contributed by atoms with Gasteiger partial charge in [0.1, 0.15) is 0 Å². The van der Waals surface area contributed by atoms with Gasteiger partial charge in [-0.25, -0.2) is 0 Å². The Morgan fingerprint density at radius 2 is 2.43 bits per heavy atom. The number of primary amides is 1. The molecule has 2 aromatic heterocycles. The van der Waals surface area contributed by atoms with Gasteiger partial charge in [-0.2, -0.15) is 0 Å². The molecule has 1 amide bonds. The molecule has 2 N–H and O–H groups in total. The zero-order chi connectivity index (χ0) is 14.7. The highest BCUT2D eigenvalue weighted by molar-refractivity contribution is 7.99. The van der Waals surface area contributed by atoms with E-state index in [4.69, 9.17) is 14.9 Å². The van der Waals surface area contributed by atoms with E-state index in [0.29, 0.717) is 23.3 Å². The molecule has 21 heavy (non-hydrogen) atoms. The summed E-state index contributed by atoms with van der Waals surface area (Å²) in [6, 6.07) is 3.63. The minimum Gasteiger partial charge on any atom is -0.461 e. The Morgan fingerprint density at radius 3 is 3.10 bits per heavy atom. The molecule has 1 aliphatic heterocycles. The van der Waals surface area contributed by atoms with Crippen LogP contribution in [-0.4, -0.2) is 39.1 Å². The Balaban J connectivity index is 1.86. The minimum absolute atomic E-state index is 0.141. The van der Waals surface area contributed by atoms with Crippen molar-refractivity contribution >= 4 is 17.7 Å². The summed E-state index contributed by atoms with van der Waals surface area (Å²) in [4.78, 5) is 11.0. The molecule has 2 aromatic rings. The van der Waals surface area contributed by atoms with Gasteiger partial charge in [0.25, 0.3) is 0 Å². The summed E-state index contributed by atoms with van der Waals surface area (Å²) in [6.07, 6.45) is 3.81. The third-order valence-corrected chi connectivity index (χ3v) is 4.20. The van der Waals surface area contributed by atoms with Crippen molar-refractivity contribution in [1.82, 2.24) is 14.8 Å². The molecule has 1 saturated heterocycles. The van der Waals surface area contributed by atoms with Gasteiger partial charge in [-0.15, -0.1) is 10.2 Å². The average Bonchev–Trinajstić information content (AvgIpc) is 3.18. The molecule has 112 valence electrons. The van der Waals surface area contributed by atoms with Crippen LogP contribution in [0.1, 0.15) is 12.8 Å². The van der Waals surface area contributed by atoms with Gasteiger partial charge in [-0.05, 0) is 25.0 Å². The van der Waals surface area contributed by atoms with Gasteiger partial charge in [0.15, 0.2) is 10.9 Å². The standard InChI is InChI=1S/C13H16N4O3S/c14-11(18)8-21-13-16-15-12(10-4-2-6-20-10)17(13)7-9-3-1-5-19-9/h2,4,6,9H,1,3,5,7-8H2,(H2,14,18)/t9-/m0/s1. The largest absolute Gasteiger partial charge is 0.461 e. The summed E-state index contributed by atoms with van der Waals surface area (Å²) in [5.41, 5.74) is 5.19.